The summed E-state index contributed by atoms with van der Waals surface area (Å²) in [6.07, 6.45) is 0.898. The second kappa shape index (κ2) is 5.02. The Hall–Kier alpha value is -2.27. The van der Waals surface area contributed by atoms with Crippen molar-refractivity contribution in [2.75, 3.05) is 6.79 Å². The first-order valence-corrected chi connectivity index (χ1v) is 6.39. The van der Waals surface area contributed by atoms with Crippen molar-refractivity contribution < 1.29 is 14.6 Å². The molecular weight excluding hydrogens is 258 g/mol. The maximum Gasteiger partial charge on any atom is 0.253 e. The highest BCUT2D eigenvalue weighted by Gasteiger charge is 2.17. The van der Waals surface area contributed by atoms with Crippen molar-refractivity contribution in [2.45, 2.75) is 19.6 Å². The van der Waals surface area contributed by atoms with E-state index in [-0.39, 0.29) is 18.9 Å². The third-order valence-corrected chi connectivity index (χ3v) is 3.36. The van der Waals surface area contributed by atoms with Gasteiger partial charge < -0.3 is 19.1 Å². The average Bonchev–Trinajstić information content (AvgIpc) is 2.91. The molecule has 0 radical (unpaired) electrons. The van der Waals surface area contributed by atoms with Crippen LogP contribution in [0.2, 0.25) is 0 Å². The SMILES string of the molecule is Cc1cccn(CC(O)c2ccc3c(c2)OCO3)c1=O. The number of benzene rings is 1. The van der Waals surface area contributed by atoms with Crippen LogP contribution in [0.15, 0.2) is 41.3 Å². The van der Waals surface area contributed by atoms with E-state index < -0.39 is 6.10 Å². The topological polar surface area (TPSA) is 60.7 Å². The van der Waals surface area contributed by atoms with E-state index >= 15 is 0 Å². The van der Waals surface area contributed by atoms with E-state index in [1.807, 2.05) is 0 Å². The smallest absolute Gasteiger partial charge is 0.253 e. The van der Waals surface area contributed by atoms with Crippen molar-refractivity contribution in [3.8, 4) is 11.5 Å². The molecule has 0 bridgehead atoms. The van der Waals surface area contributed by atoms with Crippen LogP contribution in [0.25, 0.3) is 0 Å². The number of hydrogen-bond donors (Lipinski definition) is 1. The second-order valence-electron chi connectivity index (χ2n) is 4.78. The minimum absolute atomic E-state index is 0.0905. The number of fused-ring (bicyclic) bond motifs is 1. The van der Waals surface area contributed by atoms with Crippen LogP contribution in [0.4, 0.5) is 0 Å². The summed E-state index contributed by atoms with van der Waals surface area (Å²) >= 11 is 0. The molecule has 1 unspecified atom stereocenters. The average molecular weight is 273 g/mol. The molecule has 0 saturated heterocycles. The maximum absolute atomic E-state index is 11.9. The molecule has 1 N–H and O–H groups in total. The van der Waals surface area contributed by atoms with Crippen molar-refractivity contribution in [3.05, 3.63) is 58.0 Å². The number of aliphatic hydroxyl groups excluding tert-OH is 1. The lowest BCUT2D eigenvalue weighted by Gasteiger charge is -2.14. The van der Waals surface area contributed by atoms with Gasteiger partial charge in [-0.15, -0.1) is 0 Å². The minimum atomic E-state index is -0.774. The Morgan fingerprint density at radius 2 is 2.10 bits per heavy atom. The summed E-state index contributed by atoms with van der Waals surface area (Å²) < 4.78 is 12.0. The molecule has 2 heterocycles. The Morgan fingerprint density at radius 1 is 1.30 bits per heavy atom. The molecule has 5 heteroatoms. The molecule has 0 aliphatic carbocycles. The van der Waals surface area contributed by atoms with Gasteiger partial charge in [-0.1, -0.05) is 12.1 Å². The fourth-order valence-corrected chi connectivity index (χ4v) is 2.21. The van der Waals surface area contributed by atoms with Crippen LogP contribution >= 0.6 is 0 Å². The van der Waals surface area contributed by atoms with Crippen LogP contribution in [-0.2, 0) is 6.54 Å². The summed E-state index contributed by atoms with van der Waals surface area (Å²) in [7, 11) is 0. The lowest BCUT2D eigenvalue weighted by atomic mass is 10.1. The molecule has 0 amide bonds. The van der Waals surface area contributed by atoms with Gasteiger partial charge in [-0.25, -0.2) is 0 Å². The van der Waals surface area contributed by atoms with Crippen LogP contribution in [-0.4, -0.2) is 16.5 Å². The molecule has 0 fully saturated rings. The molecule has 0 spiro atoms. The Balaban J connectivity index is 1.84. The summed E-state index contributed by atoms with van der Waals surface area (Å²) in [4.78, 5) is 11.9. The number of ether oxygens (including phenoxy) is 2. The zero-order valence-electron chi connectivity index (χ0n) is 11.1. The molecule has 20 heavy (non-hydrogen) atoms. The van der Waals surface area contributed by atoms with Crippen molar-refractivity contribution in [2.24, 2.45) is 0 Å². The Labute approximate surface area is 116 Å². The number of nitrogens with zero attached hydrogens (tertiary/aromatic N) is 1. The largest absolute Gasteiger partial charge is 0.454 e. The molecular formula is C15H15NO4. The van der Waals surface area contributed by atoms with E-state index in [0.717, 1.165) is 0 Å². The second-order valence-corrected chi connectivity index (χ2v) is 4.78. The predicted molar refractivity (Wildman–Crippen MR) is 73.0 cm³/mol. The third kappa shape index (κ3) is 2.28. The monoisotopic (exact) mass is 273 g/mol. The lowest BCUT2D eigenvalue weighted by molar-refractivity contribution is 0.154. The molecule has 1 aliphatic heterocycles. The minimum Gasteiger partial charge on any atom is -0.454 e. The highest BCUT2D eigenvalue weighted by molar-refractivity contribution is 5.45. The Bertz CT molecular complexity index is 693. The standard InChI is InChI=1S/C15H15NO4/c1-10-3-2-6-16(15(10)18)8-12(17)11-4-5-13-14(7-11)20-9-19-13/h2-7,12,17H,8-9H2,1H3. The van der Waals surface area contributed by atoms with E-state index in [4.69, 9.17) is 9.47 Å². The molecule has 1 aromatic heterocycles. The molecule has 3 rings (SSSR count). The number of aliphatic hydroxyl groups is 1. The number of rotatable bonds is 3. The molecule has 104 valence electrons. The normalized spacial score (nSPS) is 14.3. The van der Waals surface area contributed by atoms with Crippen LogP contribution < -0.4 is 15.0 Å². The highest BCUT2D eigenvalue weighted by Crippen LogP contribution is 2.34. The Kier molecular flexibility index (Phi) is 3.20. The molecule has 1 atom stereocenters. The van der Waals surface area contributed by atoms with Gasteiger partial charge >= 0.3 is 0 Å². The van der Waals surface area contributed by atoms with Crippen molar-refractivity contribution in [1.82, 2.24) is 4.57 Å². The number of aryl methyl sites for hydroxylation is 1. The van der Waals surface area contributed by atoms with Crippen LogP contribution in [0, 0.1) is 6.92 Å². The van der Waals surface area contributed by atoms with E-state index in [1.54, 1.807) is 43.5 Å². The van der Waals surface area contributed by atoms with Gasteiger partial charge in [-0.2, -0.15) is 0 Å². The summed E-state index contributed by atoms with van der Waals surface area (Å²) in [6, 6.07) is 8.83. The van der Waals surface area contributed by atoms with Crippen molar-refractivity contribution >= 4 is 0 Å². The fraction of sp³-hybridized carbons (Fsp3) is 0.267. The summed E-state index contributed by atoms with van der Waals surface area (Å²) in [5.74, 6) is 1.30. The molecule has 1 aliphatic rings. The highest BCUT2D eigenvalue weighted by atomic mass is 16.7. The molecule has 5 nitrogen and oxygen atoms in total. The maximum atomic E-state index is 11.9. The summed E-state index contributed by atoms with van der Waals surface area (Å²) in [6.45, 7) is 2.16. The summed E-state index contributed by atoms with van der Waals surface area (Å²) in [5.41, 5.74) is 1.26. The quantitative estimate of drug-likeness (QED) is 0.923. The molecule has 0 saturated carbocycles. The fourth-order valence-electron chi connectivity index (χ4n) is 2.21. The third-order valence-electron chi connectivity index (χ3n) is 3.36. The Morgan fingerprint density at radius 3 is 2.95 bits per heavy atom. The number of aromatic nitrogens is 1. The first-order chi connectivity index (χ1) is 9.65. The van der Waals surface area contributed by atoms with Crippen LogP contribution in [0.5, 0.6) is 11.5 Å². The van der Waals surface area contributed by atoms with Gasteiger partial charge in [0.05, 0.1) is 12.6 Å². The van der Waals surface area contributed by atoms with Crippen LogP contribution in [0.3, 0.4) is 0 Å². The number of pyridine rings is 1. The lowest BCUT2D eigenvalue weighted by Crippen LogP contribution is -2.24. The van der Waals surface area contributed by atoms with Crippen LogP contribution in [0.1, 0.15) is 17.2 Å². The van der Waals surface area contributed by atoms with Crippen molar-refractivity contribution in [1.29, 1.82) is 0 Å². The van der Waals surface area contributed by atoms with E-state index in [0.29, 0.717) is 22.6 Å². The van der Waals surface area contributed by atoms with Gasteiger partial charge in [0.2, 0.25) is 6.79 Å². The van der Waals surface area contributed by atoms with Gasteiger partial charge in [0.1, 0.15) is 0 Å². The van der Waals surface area contributed by atoms with Gasteiger partial charge in [-0.05, 0) is 30.7 Å². The van der Waals surface area contributed by atoms with Gasteiger partial charge in [0.25, 0.3) is 5.56 Å². The summed E-state index contributed by atoms with van der Waals surface area (Å²) in [5, 5.41) is 10.3. The predicted octanol–water partition coefficient (Wildman–Crippen LogP) is 1.62. The zero-order chi connectivity index (χ0) is 14.1. The number of hydrogen-bond acceptors (Lipinski definition) is 4. The van der Waals surface area contributed by atoms with Gasteiger partial charge in [-0.3, -0.25) is 4.79 Å². The van der Waals surface area contributed by atoms with E-state index in [9.17, 15) is 9.90 Å². The van der Waals surface area contributed by atoms with Gasteiger partial charge in [0, 0.05) is 11.8 Å². The molecule has 2 aromatic rings. The zero-order valence-corrected chi connectivity index (χ0v) is 11.1. The first kappa shape index (κ1) is 12.7. The molecule has 1 aromatic carbocycles. The van der Waals surface area contributed by atoms with E-state index in [2.05, 4.69) is 0 Å². The first-order valence-electron chi connectivity index (χ1n) is 6.39. The van der Waals surface area contributed by atoms with Crippen molar-refractivity contribution in [3.63, 3.8) is 0 Å². The van der Waals surface area contributed by atoms with E-state index in [1.165, 1.54) is 4.57 Å². The van der Waals surface area contributed by atoms with Gasteiger partial charge in [0.15, 0.2) is 11.5 Å².